The molecule has 0 bridgehead atoms. The molecule has 0 aliphatic rings. The van der Waals surface area contributed by atoms with Gasteiger partial charge in [0.1, 0.15) is 17.3 Å². The topological polar surface area (TPSA) is 46.9 Å². The van der Waals surface area contributed by atoms with Gasteiger partial charge in [0, 0.05) is 43.0 Å². The summed E-state index contributed by atoms with van der Waals surface area (Å²) < 4.78 is 28.2. The number of nitrogens with zero attached hydrogens (tertiary/aromatic N) is 2. The monoisotopic (exact) mass is 315 g/mol. The van der Waals surface area contributed by atoms with Crippen molar-refractivity contribution in [3.05, 3.63) is 65.5 Å². The highest BCUT2D eigenvalue weighted by Crippen LogP contribution is 2.18. The van der Waals surface area contributed by atoms with Crippen molar-refractivity contribution in [1.29, 1.82) is 0 Å². The summed E-state index contributed by atoms with van der Waals surface area (Å²) in [6, 6.07) is 7.02. The van der Waals surface area contributed by atoms with Crippen molar-refractivity contribution >= 4 is 16.9 Å². The van der Waals surface area contributed by atoms with Crippen LogP contribution < -0.4 is 5.32 Å². The van der Waals surface area contributed by atoms with Crippen LogP contribution in [0.1, 0.15) is 11.1 Å². The molecule has 118 valence electrons. The first kappa shape index (κ1) is 15.1. The summed E-state index contributed by atoms with van der Waals surface area (Å²) in [5.74, 6) is -1.54. The van der Waals surface area contributed by atoms with Crippen LogP contribution in [0, 0.1) is 11.6 Å². The van der Waals surface area contributed by atoms with Gasteiger partial charge in [-0.05, 0) is 23.8 Å². The van der Waals surface area contributed by atoms with E-state index in [9.17, 15) is 13.6 Å². The van der Waals surface area contributed by atoms with Gasteiger partial charge >= 0.3 is 0 Å². The highest BCUT2D eigenvalue weighted by molar-refractivity contribution is 5.87. The van der Waals surface area contributed by atoms with E-state index in [2.05, 4.69) is 10.3 Å². The Balaban J connectivity index is 1.69. The molecule has 6 heteroatoms. The average Bonchev–Trinajstić information content (AvgIpc) is 2.83. The average molecular weight is 315 g/mol. The van der Waals surface area contributed by atoms with E-state index in [1.165, 1.54) is 12.1 Å². The summed E-state index contributed by atoms with van der Waals surface area (Å²) in [5.41, 5.74) is 1.91. The summed E-state index contributed by atoms with van der Waals surface area (Å²) in [6.45, 7) is 0.0218. The first-order valence-electron chi connectivity index (χ1n) is 7.14. The molecule has 0 radical (unpaired) electrons. The van der Waals surface area contributed by atoms with Crippen molar-refractivity contribution in [2.75, 3.05) is 0 Å². The first-order valence-corrected chi connectivity index (χ1v) is 7.14. The number of amides is 1. The van der Waals surface area contributed by atoms with E-state index >= 15 is 0 Å². The van der Waals surface area contributed by atoms with Crippen molar-refractivity contribution in [2.45, 2.75) is 13.0 Å². The van der Waals surface area contributed by atoms with E-state index in [-0.39, 0.29) is 24.4 Å². The number of fused-ring (bicyclic) bond motifs is 1. The van der Waals surface area contributed by atoms with Gasteiger partial charge in [-0.3, -0.25) is 4.79 Å². The van der Waals surface area contributed by atoms with Crippen LogP contribution in [0.2, 0.25) is 0 Å². The maximum Gasteiger partial charge on any atom is 0.224 e. The lowest BCUT2D eigenvalue weighted by Gasteiger charge is -2.06. The normalized spacial score (nSPS) is 10.9. The number of rotatable bonds is 4. The molecule has 0 unspecified atom stereocenters. The molecule has 4 nitrogen and oxygen atoms in total. The lowest BCUT2D eigenvalue weighted by atomic mass is 10.1. The Bertz CT molecular complexity index is 873. The molecule has 0 atom stereocenters. The molecule has 0 aliphatic carbocycles. The van der Waals surface area contributed by atoms with E-state index in [0.717, 1.165) is 22.7 Å². The Labute approximate surface area is 131 Å². The second kappa shape index (κ2) is 6.16. The Morgan fingerprint density at radius 1 is 1.26 bits per heavy atom. The molecular weight excluding hydrogens is 300 g/mol. The van der Waals surface area contributed by atoms with Crippen LogP contribution in [0.5, 0.6) is 0 Å². The minimum Gasteiger partial charge on any atom is -0.352 e. The third-order valence-corrected chi connectivity index (χ3v) is 3.66. The number of halogens is 2. The third kappa shape index (κ3) is 3.21. The standard InChI is InChI=1S/C17H15F2N3O/c1-22-10-12(14-3-2-6-20-17(14)22)7-16(23)21-9-11-4-5-13(18)8-15(11)19/h2-6,8,10H,7,9H2,1H3,(H,21,23). The Morgan fingerprint density at radius 3 is 2.87 bits per heavy atom. The summed E-state index contributed by atoms with van der Waals surface area (Å²) in [7, 11) is 1.87. The fraction of sp³-hybridized carbons (Fsp3) is 0.176. The molecule has 0 saturated carbocycles. The second-order valence-electron chi connectivity index (χ2n) is 5.33. The third-order valence-electron chi connectivity index (χ3n) is 3.66. The SMILES string of the molecule is Cn1cc(CC(=O)NCc2ccc(F)cc2F)c2cccnc21. The molecule has 3 aromatic rings. The quantitative estimate of drug-likeness (QED) is 0.805. The number of carbonyl (C=O) groups is 1. The van der Waals surface area contributed by atoms with Crippen LogP contribution >= 0.6 is 0 Å². The highest BCUT2D eigenvalue weighted by atomic mass is 19.1. The van der Waals surface area contributed by atoms with Crippen molar-refractivity contribution < 1.29 is 13.6 Å². The molecule has 1 N–H and O–H groups in total. The smallest absolute Gasteiger partial charge is 0.224 e. The number of aryl methyl sites for hydroxylation is 1. The fourth-order valence-electron chi connectivity index (χ4n) is 2.53. The number of carbonyl (C=O) groups excluding carboxylic acids is 1. The fourth-order valence-corrected chi connectivity index (χ4v) is 2.53. The zero-order valence-corrected chi connectivity index (χ0v) is 12.5. The molecule has 2 heterocycles. The molecule has 0 spiro atoms. The zero-order chi connectivity index (χ0) is 16.4. The number of hydrogen-bond acceptors (Lipinski definition) is 2. The van der Waals surface area contributed by atoms with E-state index < -0.39 is 11.6 Å². The molecular formula is C17H15F2N3O. The molecule has 2 aromatic heterocycles. The van der Waals surface area contributed by atoms with Gasteiger partial charge in [-0.2, -0.15) is 0 Å². The van der Waals surface area contributed by atoms with Gasteiger partial charge in [0.05, 0.1) is 6.42 Å². The molecule has 1 amide bonds. The minimum absolute atomic E-state index is 0.0218. The predicted molar refractivity (Wildman–Crippen MR) is 82.6 cm³/mol. The first-order chi connectivity index (χ1) is 11.0. The second-order valence-corrected chi connectivity index (χ2v) is 5.33. The maximum absolute atomic E-state index is 13.5. The van der Waals surface area contributed by atoms with E-state index in [1.807, 2.05) is 29.9 Å². The van der Waals surface area contributed by atoms with Gasteiger partial charge in [0.15, 0.2) is 0 Å². The Morgan fingerprint density at radius 2 is 2.09 bits per heavy atom. The number of benzene rings is 1. The highest BCUT2D eigenvalue weighted by Gasteiger charge is 2.12. The van der Waals surface area contributed by atoms with Crippen molar-refractivity contribution in [1.82, 2.24) is 14.9 Å². The summed E-state index contributed by atoms with van der Waals surface area (Å²) >= 11 is 0. The largest absolute Gasteiger partial charge is 0.352 e. The van der Waals surface area contributed by atoms with E-state index in [0.29, 0.717) is 0 Å². The van der Waals surface area contributed by atoms with Crippen molar-refractivity contribution in [2.24, 2.45) is 7.05 Å². The predicted octanol–water partition coefficient (Wildman–Crippen LogP) is 2.71. The van der Waals surface area contributed by atoms with Crippen LogP contribution in [-0.2, 0) is 24.8 Å². The van der Waals surface area contributed by atoms with Gasteiger partial charge < -0.3 is 9.88 Å². The van der Waals surface area contributed by atoms with Crippen LogP contribution in [0.15, 0.2) is 42.7 Å². The number of hydrogen-bond donors (Lipinski definition) is 1. The number of nitrogens with one attached hydrogen (secondary N) is 1. The van der Waals surface area contributed by atoms with Gasteiger partial charge in [-0.1, -0.05) is 6.07 Å². The van der Waals surface area contributed by atoms with Crippen molar-refractivity contribution in [3.8, 4) is 0 Å². The van der Waals surface area contributed by atoms with Gasteiger partial charge in [-0.15, -0.1) is 0 Å². The molecule has 1 aromatic carbocycles. The Hall–Kier alpha value is -2.76. The zero-order valence-electron chi connectivity index (χ0n) is 12.5. The van der Waals surface area contributed by atoms with Gasteiger partial charge in [0.2, 0.25) is 5.91 Å². The lowest BCUT2D eigenvalue weighted by Crippen LogP contribution is -2.25. The Kier molecular flexibility index (Phi) is 4.06. The van der Waals surface area contributed by atoms with Crippen LogP contribution in [-0.4, -0.2) is 15.5 Å². The van der Waals surface area contributed by atoms with Crippen molar-refractivity contribution in [3.63, 3.8) is 0 Å². The van der Waals surface area contributed by atoms with Crippen LogP contribution in [0.25, 0.3) is 11.0 Å². The number of aromatic nitrogens is 2. The minimum atomic E-state index is -0.667. The summed E-state index contributed by atoms with van der Waals surface area (Å²) in [5, 5.41) is 3.57. The van der Waals surface area contributed by atoms with Crippen LogP contribution in [0.4, 0.5) is 8.78 Å². The van der Waals surface area contributed by atoms with Gasteiger partial charge in [0.25, 0.3) is 0 Å². The molecule has 3 rings (SSSR count). The van der Waals surface area contributed by atoms with Gasteiger partial charge in [-0.25, -0.2) is 13.8 Å². The molecule has 0 aliphatic heterocycles. The summed E-state index contributed by atoms with van der Waals surface area (Å²) in [6.07, 6.45) is 3.73. The lowest BCUT2D eigenvalue weighted by molar-refractivity contribution is -0.120. The van der Waals surface area contributed by atoms with E-state index in [4.69, 9.17) is 0 Å². The molecule has 0 saturated heterocycles. The number of pyridine rings is 1. The molecule has 23 heavy (non-hydrogen) atoms. The molecule has 0 fully saturated rings. The maximum atomic E-state index is 13.5. The van der Waals surface area contributed by atoms with E-state index in [1.54, 1.807) is 6.20 Å². The van der Waals surface area contributed by atoms with Crippen LogP contribution in [0.3, 0.4) is 0 Å². The summed E-state index contributed by atoms with van der Waals surface area (Å²) in [4.78, 5) is 16.3.